The van der Waals surface area contributed by atoms with Gasteiger partial charge < -0.3 is 19.3 Å². The van der Waals surface area contributed by atoms with Crippen molar-refractivity contribution >= 4 is 23.0 Å². The summed E-state index contributed by atoms with van der Waals surface area (Å²) in [6.07, 6.45) is 1.37. The molecule has 25 heavy (non-hydrogen) atoms. The van der Waals surface area contributed by atoms with Crippen LogP contribution in [0.5, 0.6) is 0 Å². The first-order valence-corrected chi connectivity index (χ1v) is 10.1. The standard InChI is InChI=1S/C17H30N2O5S/c1-15(2,3)23-13(20)18-10-12-17(11-18,25(7)22)8-9-19(12)14(21)24-16(4,5)6/h12H,8-11H2,1-7H3. The molecule has 3 unspecified atom stereocenters. The molecule has 8 heteroatoms. The summed E-state index contributed by atoms with van der Waals surface area (Å²) in [4.78, 5) is 28.2. The Morgan fingerprint density at radius 3 is 2.04 bits per heavy atom. The number of nitrogens with zero attached hydrogens (tertiary/aromatic N) is 2. The van der Waals surface area contributed by atoms with Crippen LogP contribution in [0.4, 0.5) is 9.59 Å². The van der Waals surface area contributed by atoms with Crippen molar-refractivity contribution in [2.75, 3.05) is 25.9 Å². The van der Waals surface area contributed by atoms with E-state index in [1.54, 1.807) is 16.1 Å². The summed E-state index contributed by atoms with van der Waals surface area (Å²) in [5, 5.41) is 0. The quantitative estimate of drug-likeness (QED) is 0.704. The Labute approximate surface area is 152 Å². The van der Waals surface area contributed by atoms with E-state index in [1.165, 1.54) is 0 Å². The maximum Gasteiger partial charge on any atom is 0.410 e. The highest BCUT2D eigenvalue weighted by atomic mass is 32.2. The molecule has 3 atom stereocenters. The lowest BCUT2D eigenvalue weighted by Gasteiger charge is -2.30. The van der Waals surface area contributed by atoms with Crippen molar-refractivity contribution in [1.82, 2.24) is 9.80 Å². The molecular weight excluding hydrogens is 344 g/mol. The maximum absolute atomic E-state index is 12.5. The molecule has 2 saturated heterocycles. The smallest absolute Gasteiger partial charge is 0.410 e. The molecule has 2 fully saturated rings. The van der Waals surface area contributed by atoms with Crippen LogP contribution in [-0.2, 0) is 20.3 Å². The molecule has 0 radical (unpaired) electrons. The zero-order valence-electron chi connectivity index (χ0n) is 16.2. The fraction of sp³-hybridized carbons (Fsp3) is 0.882. The molecule has 2 heterocycles. The highest BCUT2D eigenvalue weighted by Crippen LogP contribution is 2.40. The van der Waals surface area contributed by atoms with Gasteiger partial charge in [0.1, 0.15) is 11.2 Å². The van der Waals surface area contributed by atoms with Gasteiger partial charge in [0, 0.05) is 36.7 Å². The van der Waals surface area contributed by atoms with Crippen LogP contribution in [0.15, 0.2) is 0 Å². The second-order valence-corrected chi connectivity index (χ2v) is 10.5. The van der Waals surface area contributed by atoms with E-state index >= 15 is 0 Å². The average molecular weight is 375 g/mol. The fourth-order valence-electron chi connectivity index (χ4n) is 3.39. The number of amides is 2. The first-order chi connectivity index (χ1) is 11.3. The van der Waals surface area contributed by atoms with Gasteiger partial charge in [0.05, 0.1) is 10.8 Å². The number of hydrogen-bond acceptors (Lipinski definition) is 5. The molecule has 0 N–H and O–H groups in total. The molecule has 2 amide bonds. The molecule has 0 aromatic rings. The predicted molar refractivity (Wildman–Crippen MR) is 95.9 cm³/mol. The molecule has 0 bridgehead atoms. The van der Waals surface area contributed by atoms with E-state index in [9.17, 15) is 13.8 Å². The molecule has 0 saturated carbocycles. The zero-order valence-corrected chi connectivity index (χ0v) is 17.1. The largest absolute Gasteiger partial charge is 0.444 e. The Morgan fingerprint density at radius 1 is 1.04 bits per heavy atom. The van der Waals surface area contributed by atoms with Gasteiger partial charge in [-0.05, 0) is 48.0 Å². The molecule has 0 spiro atoms. The van der Waals surface area contributed by atoms with Crippen LogP contribution in [0.25, 0.3) is 0 Å². The molecular formula is C17H30N2O5S. The average Bonchev–Trinajstić information content (AvgIpc) is 2.89. The maximum atomic E-state index is 12.5. The van der Waals surface area contributed by atoms with Crippen LogP contribution in [0.2, 0.25) is 0 Å². The van der Waals surface area contributed by atoms with Crippen molar-refractivity contribution in [2.45, 2.75) is 70.0 Å². The third kappa shape index (κ3) is 4.27. The molecule has 2 rings (SSSR count). The highest BCUT2D eigenvalue weighted by molar-refractivity contribution is 7.85. The molecule has 144 valence electrons. The van der Waals surface area contributed by atoms with Crippen LogP contribution in [0, 0.1) is 0 Å². The van der Waals surface area contributed by atoms with E-state index in [2.05, 4.69) is 0 Å². The summed E-state index contributed by atoms with van der Waals surface area (Å²) in [6.45, 7) is 12.0. The van der Waals surface area contributed by atoms with Gasteiger partial charge in [0.2, 0.25) is 0 Å². The Balaban J connectivity index is 2.20. The summed E-state index contributed by atoms with van der Waals surface area (Å²) < 4.78 is 22.8. The van der Waals surface area contributed by atoms with Crippen molar-refractivity contribution < 1.29 is 23.3 Å². The topological polar surface area (TPSA) is 76.2 Å². The number of rotatable bonds is 1. The summed E-state index contributed by atoms with van der Waals surface area (Å²) in [7, 11) is -1.19. The lowest BCUT2D eigenvalue weighted by molar-refractivity contribution is 0.0166. The van der Waals surface area contributed by atoms with Crippen LogP contribution in [-0.4, -0.2) is 74.1 Å². The lowest BCUT2D eigenvalue weighted by Crippen LogP contribution is -2.49. The minimum Gasteiger partial charge on any atom is -0.444 e. The first-order valence-electron chi connectivity index (χ1n) is 8.56. The van der Waals surface area contributed by atoms with Crippen LogP contribution >= 0.6 is 0 Å². The third-order valence-electron chi connectivity index (χ3n) is 4.46. The zero-order chi connectivity index (χ0) is 19.2. The van der Waals surface area contributed by atoms with Gasteiger partial charge in [-0.1, -0.05) is 0 Å². The minimum atomic E-state index is -1.19. The van der Waals surface area contributed by atoms with Gasteiger partial charge in [-0.2, -0.15) is 0 Å². The van der Waals surface area contributed by atoms with E-state index in [4.69, 9.17) is 9.47 Å². The van der Waals surface area contributed by atoms with E-state index < -0.39 is 38.9 Å². The van der Waals surface area contributed by atoms with E-state index in [1.807, 2.05) is 41.5 Å². The highest BCUT2D eigenvalue weighted by Gasteiger charge is 2.59. The number of hydrogen-bond donors (Lipinski definition) is 0. The van der Waals surface area contributed by atoms with Crippen molar-refractivity contribution in [3.63, 3.8) is 0 Å². The van der Waals surface area contributed by atoms with Crippen LogP contribution in [0.3, 0.4) is 0 Å². The second kappa shape index (κ2) is 6.45. The minimum absolute atomic E-state index is 0.313. The van der Waals surface area contributed by atoms with Crippen molar-refractivity contribution in [2.24, 2.45) is 0 Å². The Kier molecular flexibility index (Phi) is 5.16. The van der Waals surface area contributed by atoms with Gasteiger partial charge in [-0.3, -0.25) is 4.21 Å². The predicted octanol–water partition coefficient (Wildman–Crippen LogP) is 2.36. The Bertz CT molecular complexity index is 581. The molecule has 0 aromatic carbocycles. The Hall–Kier alpha value is -1.31. The molecule has 0 aromatic heterocycles. The molecule has 2 aliphatic heterocycles. The number of carbonyl (C=O) groups is 2. The van der Waals surface area contributed by atoms with E-state index in [0.29, 0.717) is 26.1 Å². The van der Waals surface area contributed by atoms with Crippen LogP contribution in [0.1, 0.15) is 48.0 Å². The van der Waals surface area contributed by atoms with Gasteiger partial charge in [-0.15, -0.1) is 0 Å². The van der Waals surface area contributed by atoms with Crippen molar-refractivity contribution in [3.8, 4) is 0 Å². The van der Waals surface area contributed by atoms with Gasteiger partial charge in [0.15, 0.2) is 0 Å². The number of carbonyl (C=O) groups excluding carboxylic acids is 2. The molecule has 0 aliphatic carbocycles. The second-order valence-electron chi connectivity index (χ2n) is 8.82. The first kappa shape index (κ1) is 20.0. The number of fused-ring (bicyclic) bond motifs is 1. The SMILES string of the molecule is CS(=O)C12CCN(C(=O)OC(C)(C)C)C1CN(C(=O)OC(C)(C)C)C2. The summed E-state index contributed by atoms with van der Waals surface area (Å²) >= 11 is 0. The van der Waals surface area contributed by atoms with E-state index in [0.717, 1.165) is 0 Å². The van der Waals surface area contributed by atoms with Crippen molar-refractivity contribution in [1.29, 1.82) is 0 Å². The van der Waals surface area contributed by atoms with Gasteiger partial charge in [-0.25, -0.2) is 9.59 Å². The normalized spacial score (nSPS) is 27.9. The van der Waals surface area contributed by atoms with Crippen molar-refractivity contribution in [3.05, 3.63) is 0 Å². The third-order valence-corrected chi connectivity index (χ3v) is 6.21. The summed E-state index contributed by atoms with van der Waals surface area (Å²) in [5.74, 6) is 0. The monoisotopic (exact) mass is 374 g/mol. The molecule has 7 nitrogen and oxygen atoms in total. The van der Waals surface area contributed by atoms with Crippen LogP contribution < -0.4 is 0 Å². The van der Waals surface area contributed by atoms with E-state index in [-0.39, 0.29) is 6.04 Å². The summed E-state index contributed by atoms with van der Waals surface area (Å²) in [6, 6.07) is -0.319. The van der Waals surface area contributed by atoms with Gasteiger partial charge >= 0.3 is 12.2 Å². The Morgan fingerprint density at radius 2 is 1.56 bits per heavy atom. The fourth-order valence-corrected chi connectivity index (χ4v) is 4.69. The summed E-state index contributed by atoms with van der Waals surface area (Å²) in [5.41, 5.74) is -1.20. The molecule has 2 aliphatic rings. The van der Waals surface area contributed by atoms with Gasteiger partial charge in [0.25, 0.3) is 0 Å². The number of ether oxygens (including phenoxy) is 2. The number of likely N-dealkylation sites (tertiary alicyclic amines) is 2. The lowest BCUT2D eigenvalue weighted by atomic mass is 10.0.